The molecule has 2 N–H and O–H groups in total. The summed E-state index contributed by atoms with van der Waals surface area (Å²) in [5.41, 5.74) is 2.17. The number of nitrogens with zero attached hydrogens (tertiary/aromatic N) is 2. The lowest BCUT2D eigenvalue weighted by molar-refractivity contribution is 0.102. The van der Waals surface area contributed by atoms with E-state index in [1.54, 1.807) is 12.1 Å². The minimum absolute atomic E-state index is 0.123. The molecule has 3 aromatic rings. The minimum atomic E-state index is -0.469. The molecule has 3 rings (SSSR count). The Morgan fingerprint density at radius 2 is 1.92 bits per heavy atom. The Balaban J connectivity index is 1.71. The van der Waals surface area contributed by atoms with Gasteiger partial charge in [-0.15, -0.1) is 0 Å². The Morgan fingerprint density at radius 1 is 1.12 bits per heavy atom. The molecule has 0 atom stereocenters. The van der Waals surface area contributed by atoms with Crippen LogP contribution in [0.25, 0.3) is 0 Å². The number of anilines is 3. The van der Waals surface area contributed by atoms with Crippen molar-refractivity contribution in [1.29, 1.82) is 0 Å². The van der Waals surface area contributed by atoms with E-state index in [0.717, 1.165) is 11.3 Å². The molecule has 0 unspecified atom stereocenters. The summed E-state index contributed by atoms with van der Waals surface area (Å²) in [6, 6.07) is 11.1. The third kappa shape index (κ3) is 4.10. The summed E-state index contributed by atoms with van der Waals surface area (Å²) >= 11 is 6.08. The van der Waals surface area contributed by atoms with Crippen molar-refractivity contribution in [2.75, 3.05) is 10.6 Å². The first-order chi connectivity index (χ1) is 12.0. The van der Waals surface area contributed by atoms with Crippen molar-refractivity contribution >= 4 is 34.7 Å². The SMILES string of the molecule is Cc1c(Cl)cccc1Nc1cnc(C(=O)Nc2cccc(F)c2)cn1. The van der Waals surface area contributed by atoms with E-state index in [-0.39, 0.29) is 5.69 Å². The number of hydrogen-bond donors (Lipinski definition) is 2. The van der Waals surface area contributed by atoms with Crippen molar-refractivity contribution in [2.45, 2.75) is 6.92 Å². The summed E-state index contributed by atoms with van der Waals surface area (Å²) in [6.45, 7) is 1.89. The molecular weight excluding hydrogens is 343 g/mol. The first-order valence-corrected chi connectivity index (χ1v) is 7.82. The van der Waals surface area contributed by atoms with Crippen molar-refractivity contribution < 1.29 is 9.18 Å². The Hall–Kier alpha value is -2.99. The number of rotatable bonds is 4. The number of amides is 1. The lowest BCUT2D eigenvalue weighted by atomic mass is 10.2. The Labute approximate surface area is 148 Å². The van der Waals surface area contributed by atoms with Crippen molar-refractivity contribution in [2.24, 2.45) is 0 Å². The molecule has 0 saturated carbocycles. The van der Waals surface area contributed by atoms with E-state index in [1.807, 2.05) is 19.1 Å². The van der Waals surface area contributed by atoms with Gasteiger partial charge in [0.05, 0.1) is 12.4 Å². The topological polar surface area (TPSA) is 66.9 Å². The van der Waals surface area contributed by atoms with Crippen LogP contribution in [0.5, 0.6) is 0 Å². The van der Waals surface area contributed by atoms with Gasteiger partial charge in [-0.2, -0.15) is 0 Å². The third-order valence-electron chi connectivity index (χ3n) is 3.50. The highest BCUT2D eigenvalue weighted by Gasteiger charge is 2.10. The molecule has 0 saturated heterocycles. The van der Waals surface area contributed by atoms with Crippen LogP contribution in [0.3, 0.4) is 0 Å². The number of carbonyl (C=O) groups is 1. The maximum Gasteiger partial charge on any atom is 0.275 e. The van der Waals surface area contributed by atoms with Gasteiger partial charge in [-0.3, -0.25) is 4.79 Å². The van der Waals surface area contributed by atoms with Crippen LogP contribution in [-0.4, -0.2) is 15.9 Å². The highest BCUT2D eigenvalue weighted by molar-refractivity contribution is 6.31. The second-order valence-electron chi connectivity index (χ2n) is 5.29. The zero-order valence-electron chi connectivity index (χ0n) is 13.3. The first kappa shape index (κ1) is 16.9. The molecule has 126 valence electrons. The van der Waals surface area contributed by atoms with E-state index in [0.29, 0.717) is 16.5 Å². The maximum atomic E-state index is 13.1. The van der Waals surface area contributed by atoms with Crippen LogP contribution in [-0.2, 0) is 0 Å². The molecule has 2 aromatic carbocycles. The lowest BCUT2D eigenvalue weighted by Crippen LogP contribution is -2.14. The number of halogens is 2. The highest BCUT2D eigenvalue weighted by atomic mass is 35.5. The molecule has 0 radical (unpaired) electrons. The third-order valence-corrected chi connectivity index (χ3v) is 3.91. The van der Waals surface area contributed by atoms with E-state index in [1.165, 1.54) is 30.6 Å². The summed E-state index contributed by atoms with van der Waals surface area (Å²) < 4.78 is 13.1. The maximum absolute atomic E-state index is 13.1. The number of benzene rings is 2. The lowest BCUT2D eigenvalue weighted by Gasteiger charge is -2.10. The predicted molar refractivity (Wildman–Crippen MR) is 95.9 cm³/mol. The molecule has 7 heteroatoms. The minimum Gasteiger partial charge on any atom is -0.339 e. The van der Waals surface area contributed by atoms with Crippen LogP contribution in [0.2, 0.25) is 5.02 Å². The van der Waals surface area contributed by atoms with Gasteiger partial charge in [0.1, 0.15) is 17.3 Å². The zero-order chi connectivity index (χ0) is 17.8. The monoisotopic (exact) mass is 356 g/mol. The molecular formula is C18H14ClFN4O. The fraction of sp³-hybridized carbons (Fsp3) is 0.0556. The van der Waals surface area contributed by atoms with Crippen LogP contribution in [0.1, 0.15) is 16.1 Å². The number of nitrogens with one attached hydrogen (secondary N) is 2. The van der Waals surface area contributed by atoms with Crippen LogP contribution < -0.4 is 10.6 Å². The van der Waals surface area contributed by atoms with Gasteiger partial charge in [0, 0.05) is 16.4 Å². The smallest absolute Gasteiger partial charge is 0.275 e. The normalized spacial score (nSPS) is 10.4. The fourth-order valence-corrected chi connectivity index (χ4v) is 2.33. The molecule has 1 heterocycles. The van der Waals surface area contributed by atoms with Crippen molar-refractivity contribution in [1.82, 2.24) is 9.97 Å². The predicted octanol–water partition coefficient (Wildman–Crippen LogP) is 4.57. The molecule has 0 aliphatic carbocycles. The highest BCUT2D eigenvalue weighted by Crippen LogP contribution is 2.25. The number of carbonyl (C=O) groups excluding carboxylic acids is 1. The van der Waals surface area contributed by atoms with E-state index < -0.39 is 11.7 Å². The average Bonchev–Trinajstić information content (AvgIpc) is 2.59. The summed E-state index contributed by atoms with van der Waals surface area (Å²) in [6.07, 6.45) is 2.79. The Bertz CT molecular complexity index is 915. The van der Waals surface area contributed by atoms with Crippen LogP contribution in [0.15, 0.2) is 54.9 Å². The second kappa shape index (κ2) is 7.27. The van der Waals surface area contributed by atoms with Crippen molar-refractivity contribution in [3.8, 4) is 0 Å². The number of hydrogen-bond acceptors (Lipinski definition) is 4. The van der Waals surface area contributed by atoms with Crippen molar-refractivity contribution in [3.63, 3.8) is 0 Å². The van der Waals surface area contributed by atoms with Crippen LogP contribution in [0.4, 0.5) is 21.6 Å². The standard InChI is InChI=1S/C18H14ClFN4O/c1-11-14(19)6-3-7-15(11)24-17-10-21-16(9-22-17)18(25)23-13-5-2-4-12(20)8-13/h2-10H,1H3,(H,22,24)(H,23,25). The van der Waals surface area contributed by atoms with Gasteiger partial charge in [-0.1, -0.05) is 23.7 Å². The molecule has 5 nitrogen and oxygen atoms in total. The fourth-order valence-electron chi connectivity index (χ4n) is 2.15. The van der Waals surface area contributed by atoms with Crippen molar-refractivity contribution in [3.05, 3.63) is 77.0 Å². The molecule has 25 heavy (non-hydrogen) atoms. The summed E-state index contributed by atoms with van der Waals surface area (Å²) in [5.74, 6) is -0.420. The molecule has 1 amide bonds. The quantitative estimate of drug-likeness (QED) is 0.718. The average molecular weight is 357 g/mol. The van der Waals surface area contributed by atoms with Crippen LogP contribution in [0, 0.1) is 12.7 Å². The summed E-state index contributed by atoms with van der Waals surface area (Å²) in [5, 5.41) is 6.31. The van der Waals surface area contributed by atoms with Gasteiger partial charge < -0.3 is 10.6 Å². The molecule has 0 aliphatic heterocycles. The largest absolute Gasteiger partial charge is 0.339 e. The first-order valence-electron chi connectivity index (χ1n) is 7.44. The van der Waals surface area contributed by atoms with E-state index >= 15 is 0 Å². The molecule has 0 spiro atoms. The summed E-state index contributed by atoms with van der Waals surface area (Å²) in [4.78, 5) is 20.4. The molecule has 1 aromatic heterocycles. The second-order valence-corrected chi connectivity index (χ2v) is 5.70. The van der Waals surface area contributed by atoms with E-state index in [2.05, 4.69) is 20.6 Å². The molecule has 0 bridgehead atoms. The van der Waals surface area contributed by atoms with Gasteiger partial charge in [-0.05, 0) is 42.8 Å². The van der Waals surface area contributed by atoms with Gasteiger partial charge in [-0.25, -0.2) is 14.4 Å². The summed E-state index contributed by atoms with van der Waals surface area (Å²) in [7, 11) is 0. The van der Waals surface area contributed by atoms with Crippen LogP contribution >= 0.6 is 11.6 Å². The van der Waals surface area contributed by atoms with E-state index in [9.17, 15) is 9.18 Å². The van der Waals surface area contributed by atoms with Gasteiger partial charge >= 0.3 is 0 Å². The Kier molecular flexibility index (Phi) is 4.90. The molecule has 0 aliphatic rings. The zero-order valence-corrected chi connectivity index (χ0v) is 14.0. The van der Waals surface area contributed by atoms with E-state index in [4.69, 9.17) is 11.6 Å². The van der Waals surface area contributed by atoms with Gasteiger partial charge in [0.15, 0.2) is 0 Å². The number of aromatic nitrogens is 2. The molecule has 0 fully saturated rings. The van der Waals surface area contributed by atoms with Gasteiger partial charge in [0.25, 0.3) is 5.91 Å². The van der Waals surface area contributed by atoms with Gasteiger partial charge in [0.2, 0.25) is 0 Å². The Morgan fingerprint density at radius 3 is 2.64 bits per heavy atom.